The molecule has 0 aromatic rings. The molecule has 4 heteroatoms. The molecule has 0 spiro atoms. The molecule has 1 N–H and O–H groups in total. The molecule has 4 nitrogen and oxygen atoms in total. The molecule has 0 saturated carbocycles. The normalized spacial score (nSPS) is 11.1. The highest BCUT2D eigenvalue weighted by molar-refractivity contribution is 5.69. The SMILES string of the molecule is COC(=O)CCNCCCCN(C)C(C)C. The highest BCUT2D eigenvalue weighted by Crippen LogP contribution is 1.97. The number of carbonyl (C=O) groups excluding carboxylic acids is 1. The Labute approximate surface area is 99.3 Å². The maximum Gasteiger partial charge on any atom is 0.306 e. The van der Waals surface area contributed by atoms with E-state index in [4.69, 9.17) is 0 Å². The van der Waals surface area contributed by atoms with E-state index in [1.165, 1.54) is 13.5 Å². The second kappa shape index (κ2) is 9.60. The molecule has 0 aliphatic heterocycles. The quantitative estimate of drug-likeness (QED) is 0.478. The fourth-order valence-electron chi connectivity index (χ4n) is 1.29. The lowest BCUT2D eigenvalue weighted by atomic mass is 10.2. The second-order valence-electron chi connectivity index (χ2n) is 4.36. The average Bonchev–Trinajstić information content (AvgIpc) is 2.26. The molecule has 0 bridgehead atoms. The Morgan fingerprint density at radius 3 is 2.56 bits per heavy atom. The third-order valence-electron chi connectivity index (χ3n) is 2.73. The van der Waals surface area contributed by atoms with E-state index >= 15 is 0 Å². The van der Waals surface area contributed by atoms with E-state index in [2.05, 4.69) is 35.8 Å². The molecule has 96 valence electrons. The van der Waals surface area contributed by atoms with Crippen LogP contribution in [-0.4, -0.2) is 50.7 Å². The van der Waals surface area contributed by atoms with Crippen LogP contribution in [-0.2, 0) is 9.53 Å². The van der Waals surface area contributed by atoms with Gasteiger partial charge in [0.2, 0.25) is 0 Å². The van der Waals surface area contributed by atoms with Crippen molar-refractivity contribution in [3.8, 4) is 0 Å². The molecule has 0 saturated heterocycles. The number of ether oxygens (including phenoxy) is 1. The zero-order valence-electron chi connectivity index (χ0n) is 11.1. The smallest absolute Gasteiger partial charge is 0.306 e. The summed E-state index contributed by atoms with van der Waals surface area (Å²) >= 11 is 0. The van der Waals surface area contributed by atoms with Gasteiger partial charge in [-0.2, -0.15) is 0 Å². The van der Waals surface area contributed by atoms with Crippen molar-refractivity contribution in [3.05, 3.63) is 0 Å². The minimum Gasteiger partial charge on any atom is -0.469 e. The monoisotopic (exact) mass is 230 g/mol. The van der Waals surface area contributed by atoms with Crippen molar-refractivity contribution in [2.45, 2.75) is 39.2 Å². The van der Waals surface area contributed by atoms with Gasteiger partial charge in [-0.1, -0.05) is 0 Å². The van der Waals surface area contributed by atoms with Crippen LogP contribution in [0.5, 0.6) is 0 Å². The zero-order chi connectivity index (χ0) is 12.4. The molecule has 0 radical (unpaired) electrons. The molecule has 16 heavy (non-hydrogen) atoms. The van der Waals surface area contributed by atoms with Crippen LogP contribution >= 0.6 is 0 Å². The first kappa shape index (κ1) is 15.4. The van der Waals surface area contributed by atoms with Gasteiger partial charge in [-0.3, -0.25) is 4.79 Å². The van der Waals surface area contributed by atoms with Crippen LogP contribution in [0.15, 0.2) is 0 Å². The Morgan fingerprint density at radius 1 is 1.31 bits per heavy atom. The van der Waals surface area contributed by atoms with Crippen molar-refractivity contribution in [3.63, 3.8) is 0 Å². The molecule has 0 aliphatic rings. The van der Waals surface area contributed by atoms with Gasteiger partial charge in [0.05, 0.1) is 13.5 Å². The Morgan fingerprint density at radius 2 is 2.00 bits per heavy atom. The lowest BCUT2D eigenvalue weighted by Gasteiger charge is -2.20. The molecule has 0 aromatic heterocycles. The number of unbranched alkanes of at least 4 members (excludes halogenated alkanes) is 1. The molecular weight excluding hydrogens is 204 g/mol. The summed E-state index contributed by atoms with van der Waals surface area (Å²) in [6, 6.07) is 0.618. The van der Waals surface area contributed by atoms with Gasteiger partial charge < -0.3 is 15.0 Å². The van der Waals surface area contributed by atoms with Crippen LogP contribution in [0.3, 0.4) is 0 Å². The van der Waals surface area contributed by atoms with Crippen molar-refractivity contribution < 1.29 is 9.53 Å². The van der Waals surface area contributed by atoms with Crippen LogP contribution in [0.25, 0.3) is 0 Å². The van der Waals surface area contributed by atoms with Crippen LogP contribution in [0.2, 0.25) is 0 Å². The summed E-state index contributed by atoms with van der Waals surface area (Å²) in [5.41, 5.74) is 0. The number of methoxy groups -OCH3 is 1. The van der Waals surface area contributed by atoms with Gasteiger partial charge in [0, 0.05) is 12.6 Å². The van der Waals surface area contributed by atoms with Gasteiger partial charge in [-0.05, 0) is 46.8 Å². The maximum atomic E-state index is 10.8. The van der Waals surface area contributed by atoms with Gasteiger partial charge in [0.1, 0.15) is 0 Å². The number of nitrogens with one attached hydrogen (secondary N) is 1. The van der Waals surface area contributed by atoms with Crippen molar-refractivity contribution in [2.75, 3.05) is 33.8 Å². The number of esters is 1. The Hall–Kier alpha value is -0.610. The summed E-state index contributed by atoms with van der Waals surface area (Å²) in [4.78, 5) is 13.1. The molecule has 0 aromatic carbocycles. The number of nitrogens with zero attached hydrogens (tertiary/aromatic N) is 1. The second-order valence-corrected chi connectivity index (χ2v) is 4.36. The Bertz CT molecular complexity index is 184. The van der Waals surface area contributed by atoms with Crippen LogP contribution in [0, 0.1) is 0 Å². The first-order valence-corrected chi connectivity index (χ1v) is 6.05. The van der Waals surface area contributed by atoms with Crippen molar-refractivity contribution in [2.24, 2.45) is 0 Å². The number of rotatable bonds is 9. The van der Waals surface area contributed by atoms with E-state index in [0.29, 0.717) is 19.0 Å². The molecule has 0 atom stereocenters. The lowest BCUT2D eigenvalue weighted by molar-refractivity contribution is -0.140. The molecule has 0 rings (SSSR count). The predicted molar refractivity (Wildman–Crippen MR) is 66.5 cm³/mol. The van der Waals surface area contributed by atoms with Crippen molar-refractivity contribution >= 4 is 5.97 Å². The van der Waals surface area contributed by atoms with Crippen LogP contribution < -0.4 is 5.32 Å². The highest BCUT2D eigenvalue weighted by atomic mass is 16.5. The Kier molecular flexibility index (Phi) is 9.24. The fourth-order valence-corrected chi connectivity index (χ4v) is 1.29. The van der Waals surface area contributed by atoms with E-state index in [1.54, 1.807) is 0 Å². The Balaban J connectivity index is 3.19. The lowest BCUT2D eigenvalue weighted by Crippen LogP contribution is -2.28. The number of carbonyl (C=O) groups is 1. The number of hydrogen-bond donors (Lipinski definition) is 1. The van der Waals surface area contributed by atoms with Gasteiger partial charge in [-0.25, -0.2) is 0 Å². The summed E-state index contributed by atoms with van der Waals surface area (Å²) in [6.07, 6.45) is 2.81. The first-order chi connectivity index (χ1) is 7.57. The summed E-state index contributed by atoms with van der Waals surface area (Å²) in [5, 5.41) is 3.23. The summed E-state index contributed by atoms with van der Waals surface area (Å²) in [7, 11) is 3.57. The van der Waals surface area contributed by atoms with E-state index < -0.39 is 0 Å². The van der Waals surface area contributed by atoms with E-state index in [1.807, 2.05) is 0 Å². The minimum absolute atomic E-state index is 0.146. The largest absolute Gasteiger partial charge is 0.469 e. The maximum absolute atomic E-state index is 10.8. The third kappa shape index (κ3) is 8.68. The van der Waals surface area contributed by atoms with Gasteiger partial charge in [0.25, 0.3) is 0 Å². The molecule has 0 amide bonds. The third-order valence-corrected chi connectivity index (χ3v) is 2.73. The van der Waals surface area contributed by atoms with E-state index in [9.17, 15) is 4.79 Å². The summed E-state index contributed by atoms with van der Waals surface area (Å²) < 4.78 is 4.55. The predicted octanol–water partition coefficient (Wildman–Crippen LogP) is 1.26. The van der Waals surface area contributed by atoms with Crippen LogP contribution in [0.4, 0.5) is 0 Å². The van der Waals surface area contributed by atoms with E-state index in [-0.39, 0.29) is 5.97 Å². The fraction of sp³-hybridized carbons (Fsp3) is 0.917. The molecule has 0 unspecified atom stereocenters. The van der Waals surface area contributed by atoms with E-state index in [0.717, 1.165) is 19.5 Å². The standard InChI is InChI=1S/C12H26N2O2/c1-11(2)14(3)10-6-5-8-13-9-7-12(15)16-4/h11,13H,5-10H2,1-4H3. The zero-order valence-corrected chi connectivity index (χ0v) is 11.1. The van der Waals surface area contributed by atoms with Gasteiger partial charge in [0.15, 0.2) is 0 Å². The molecule has 0 aliphatic carbocycles. The average molecular weight is 230 g/mol. The van der Waals surface area contributed by atoms with Crippen molar-refractivity contribution in [1.29, 1.82) is 0 Å². The summed E-state index contributed by atoms with van der Waals surface area (Å²) in [5.74, 6) is -0.146. The van der Waals surface area contributed by atoms with Crippen LogP contribution in [0.1, 0.15) is 33.1 Å². The summed E-state index contributed by atoms with van der Waals surface area (Å²) in [6.45, 7) is 7.23. The van der Waals surface area contributed by atoms with Gasteiger partial charge >= 0.3 is 5.97 Å². The van der Waals surface area contributed by atoms with Crippen molar-refractivity contribution in [1.82, 2.24) is 10.2 Å². The molecular formula is C12H26N2O2. The first-order valence-electron chi connectivity index (χ1n) is 6.05. The topological polar surface area (TPSA) is 41.6 Å². The minimum atomic E-state index is -0.146. The molecule has 0 fully saturated rings. The highest BCUT2D eigenvalue weighted by Gasteiger charge is 2.02. The van der Waals surface area contributed by atoms with Gasteiger partial charge in [-0.15, -0.1) is 0 Å². The molecule has 0 heterocycles. The number of hydrogen-bond acceptors (Lipinski definition) is 4.